The van der Waals surface area contributed by atoms with Crippen LogP contribution in [0.4, 0.5) is 4.39 Å². The number of rotatable bonds is 5. The van der Waals surface area contributed by atoms with Gasteiger partial charge in [0.2, 0.25) is 5.91 Å². The molecule has 156 valence electrons. The van der Waals surface area contributed by atoms with E-state index in [4.69, 9.17) is 11.6 Å². The second kappa shape index (κ2) is 8.86. The smallest absolute Gasteiger partial charge is 0.236 e. The number of nitrogens with zero attached hydrogens (tertiary/aromatic N) is 4. The Morgan fingerprint density at radius 3 is 2.62 bits per heavy atom. The first kappa shape index (κ1) is 20.4. The van der Waals surface area contributed by atoms with Gasteiger partial charge in [0.05, 0.1) is 12.6 Å². The van der Waals surface area contributed by atoms with Crippen molar-refractivity contribution in [3.05, 3.63) is 58.6 Å². The fourth-order valence-corrected chi connectivity index (χ4v) is 4.73. The maximum absolute atomic E-state index is 14.0. The maximum atomic E-state index is 14.0. The van der Waals surface area contributed by atoms with E-state index >= 15 is 0 Å². The van der Waals surface area contributed by atoms with Crippen LogP contribution in [0.2, 0.25) is 5.02 Å². The van der Waals surface area contributed by atoms with Gasteiger partial charge in [-0.3, -0.25) is 14.6 Å². The molecule has 3 heterocycles. The lowest BCUT2D eigenvalue weighted by Crippen LogP contribution is -2.50. The predicted octanol–water partition coefficient (Wildman–Crippen LogP) is 3.30. The molecular formula is C22H28ClFN4O. The first-order valence-electron chi connectivity index (χ1n) is 10.3. The molecule has 4 rings (SSSR count). The van der Waals surface area contributed by atoms with E-state index in [2.05, 4.69) is 39.7 Å². The Kier molecular flexibility index (Phi) is 6.23. The quantitative estimate of drug-likeness (QED) is 0.746. The average molecular weight is 419 g/mol. The molecule has 2 aliphatic rings. The summed E-state index contributed by atoms with van der Waals surface area (Å²) in [5.74, 6) is -0.0774. The SMILES string of the molecule is Cn1cccc1C1CCCN1CC(=O)N1CCN(Cc2c(F)cccc2Cl)CC1. The number of halogens is 2. The maximum Gasteiger partial charge on any atom is 0.236 e. The van der Waals surface area contributed by atoms with E-state index in [1.807, 2.05) is 4.90 Å². The van der Waals surface area contributed by atoms with Crippen molar-refractivity contribution < 1.29 is 9.18 Å². The van der Waals surface area contributed by atoms with Crippen molar-refractivity contribution in [2.75, 3.05) is 39.3 Å². The van der Waals surface area contributed by atoms with Gasteiger partial charge in [0, 0.05) is 62.2 Å². The van der Waals surface area contributed by atoms with Gasteiger partial charge in [0.1, 0.15) is 5.82 Å². The topological polar surface area (TPSA) is 31.7 Å². The summed E-state index contributed by atoms with van der Waals surface area (Å²) in [5.41, 5.74) is 1.82. The Labute approximate surface area is 176 Å². The molecule has 0 radical (unpaired) electrons. The van der Waals surface area contributed by atoms with Crippen LogP contribution < -0.4 is 0 Å². The molecule has 2 aliphatic heterocycles. The number of aryl methyl sites for hydroxylation is 1. The number of carbonyl (C=O) groups is 1. The van der Waals surface area contributed by atoms with Gasteiger partial charge < -0.3 is 9.47 Å². The molecule has 1 unspecified atom stereocenters. The zero-order valence-electron chi connectivity index (χ0n) is 16.9. The van der Waals surface area contributed by atoms with Gasteiger partial charge in [0.15, 0.2) is 0 Å². The van der Waals surface area contributed by atoms with Gasteiger partial charge in [-0.2, -0.15) is 0 Å². The van der Waals surface area contributed by atoms with Crippen LogP contribution in [0.5, 0.6) is 0 Å². The lowest BCUT2D eigenvalue weighted by molar-refractivity contribution is -0.134. The Bertz CT molecular complexity index is 842. The van der Waals surface area contributed by atoms with Crippen molar-refractivity contribution in [1.29, 1.82) is 0 Å². The molecule has 7 heteroatoms. The van der Waals surface area contributed by atoms with Crippen molar-refractivity contribution in [2.24, 2.45) is 7.05 Å². The largest absolute Gasteiger partial charge is 0.353 e. The lowest BCUT2D eigenvalue weighted by Gasteiger charge is -2.36. The van der Waals surface area contributed by atoms with Crippen molar-refractivity contribution in [3.63, 3.8) is 0 Å². The Hall–Kier alpha value is -1.89. The molecule has 1 atom stereocenters. The van der Waals surface area contributed by atoms with Crippen LogP contribution in [-0.4, -0.2) is 64.4 Å². The van der Waals surface area contributed by atoms with Crippen LogP contribution in [-0.2, 0) is 18.4 Å². The van der Waals surface area contributed by atoms with E-state index in [1.54, 1.807) is 12.1 Å². The van der Waals surface area contributed by atoms with Crippen molar-refractivity contribution >= 4 is 17.5 Å². The number of aromatic nitrogens is 1. The summed E-state index contributed by atoms with van der Waals surface area (Å²) < 4.78 is 16.2. The number of likely N-dealkylation sites (tertiary alicyclic amines) is 1. The molecule has 0 aliphatic carbocycles. The summed E-state index contributed by atoms with van der Waals surface area (Å²) in [6, 6.07) is 9.33. The van der Waals surface area contributed by atoms with E-state index in [-0.39, 0.29) is 11.7 Å². The predicted molar refractivity (Wildman–Crippen MR) is 112 cm³/mol. The minimum Gasteiger partial charge on any atom is -0.353 e. The van der Waals surface area contributed by atoms with Crippen molar-refractivity contribution in [2.45, 2.75) is 25.4 Å². The molecule has 1 aromatic heterocycles. The molecule has 1 amide bonds. The molecule has 2 fully saturated rings. The fraction of sp³-hybridized carbons (Fsp3) is 0.500. The van der Waals surface area contributed by atoms with Crippen LogP contribution in [0.25, 0.3) is 0 Å². The molecule has 0 bridgehead atoms. The van der Waals surface area contributed by atoms with Gasteiger partial charge in [-0.05, 0) is 43.7 Å². The first-order chi connectivity index (χ1) is 14.0. The van der Waals surface area contributed by atoms with Crippen molar-refractivity contribution in [1.82, 2.24) is 19.3 Å². The summed E-state index contributed by atoms with van der Waals surface area (Å²) in [5, 5.41) is 0.462. The zero-order valence-corrected chi connectivity index (χ0v) is 17.6. The molecule has 1 aromatic carbocycles. The second-order valence-corrected chi connectivity index (χ2v) is 8.44. The Morgan fingerprint density at radius 1 is 1.14 bits per heavy atom. The van der Waals surface area contributed by atoms with Crippen LogP contribution >= 0.6 is 11.6 Å². The second-order valence-electron chi connectivity index (χ2n) is 8.03. The molecule has 2 saturated heterocycles. The van der Waals surface area contributed by atoms with Gasteiger partial charge in [-0.25, -0.2) is 4.39 Å². The van der Waals surface area contributed by atoms with Crippen molar-refractivity contribution in [3.8, 4) is 0 Å². The summed E-state index contributed by atoms with van der Waals surface area (Å²) in [4.78, 5) is 19.3. The molecular weight excluding hydrogens is 391 g/mol. The zero-order chi connectivity index (χ0) is 20.4. The highest BCUT2D eigenvalue weighted by atomic mass is 35.5. The van der Waals surface area contributed by atoms with Gasteiger partial charge in [-0.1, -0.05) is 17.7 Å². The highest BCUT2D eigenvalue weighted by Gasteiger charge is 2.31. The molecule has 0 saturated carbocycles. The van der Waals surface area contributed by atoms with E-state index in [0.717, 1.165) is 32.5 Å². The molecule has 0 N–H and O–H groups in total. The molecule has 5 nitrogen and oxygen atoms in total. The number of benzene rings is 1. The molecule has 2 aromatic rings. The molecule has 0 spiro atoms. The third kappa shape index (κ3) is 4.49. The number of amides is 1. The van der Waals surface area contributed by atoms with Gasteiger partial charge >= 0.3 is 0 Å². The minimum absolute atomic E-state index is 0.190. The van der Waals surface area contributed by atoms with E-state index in [0.29, 0.717) is 42.8 Å². The van der Waals surface area contributed by atoms with Crippen LogP contribution in [0.15, 0.2) is 36.5 Å². The fourth-order valence-electron chi connectivity index (χ4n) is 4.51. The number of hydrogen-bond donors (Lipinski definition) is 0. The Morgan fingerprint density at radius 2 is 1.93 bits per heavy atom. The monoisotopic (exact) mass is 418 g/mol. The summed E-state index contributed by atoms with van der Waals surface area (Å²) >= 11 is 6.15. The van der Waals surface area contributed by atoms with E-state index in [1.165, 1.54) is 11.8 Å². The van der Waals surface area contributed by atoms with Crippen LogP contribution in [0.3, 0.4) is 0 Å². The number of hydrogen-bond acceptors (Lipinski definition) is 3. The highest BCUT2D eigenvalue weighted by molar-refractivity contribution is 6.31. The molecule has 29 heavy (non-hydrogen) atoms. The van der Waals surface area contributed by atoms with Crippen LogP contribution in [0.1, 0.15) is 30.1 Å². The summed E-state index contributed by atoms with van der Waals surface area (Å²) in [6.45, 7) is 4.73. The summed E-state index contributed by atoms with van der Waals surface area (Å²) in [7, 11) is 2.06. The Balaban J connectivity index is 1.31. The normalized spacial score (nSPS) is 21.1. The number of piperazine rings is 1. The average Bonchev–Trinajstić information content (AvgIpc) is 3.33. The van der Waals surface area contributed by atoms with E-state index in [9.17, 15) is 9.18 Å². The van der Waals surface area contributed by atoms with Gasteiger partial charge in [0.25, 0.3) is 0 Å². The third-order valence-electron chi connectivity index (χ3n) is 6.20. The summed E-state index contributed by atoms with van der Waals surface area (Å²) in [6.07, 6.45) is 4.29. The highest BCUT2D eigenvalue weighted by Crippen LogP contribution is 2.31. The number of carbonyl (C=O) groups excluding carboxylic acids is 1. The minimum atomic E-state index is -0.267. The van der Waals surface area contributed by atoms with Crippen LogP contribution in [0, 0.1) is 5.82 Å². The lowest BCUT2D eigenvalue weighted by atomic mass is 10.1. The van der Waals surface area contributed by atoms with E-state index < -0.39 is 0 Å². The van der Waals surface area contributed by atoms with Gasteiger partial charge in [-0.15, -0.1) is 0 Å². The standard InChI is InChI=1S/C22H28ClFN4O/c1-25-9-3-7-20(25)21-8-4-10-28(21)16-22(29)27-13-11-26(12-14-27)15-17-18(23)5-2-6-19(17)24/h2-3,5-7,9,21H,4,8,10-16H2,1H3. The first-order valence-corrected chi connectivity index (χ1v) is 10.7. The third-order valence-corrected chi connectivity index (χ3v) is 6.55.